The van der Waals surface area contributed by atoms with Gasteiger partial charge in [0.1, 0.15) is 0 Å². The summed E-state index contributed by atoms with van der Waals surface area (Å²) in [5.74, 6) is 0.647. The normalized spacial score (nSPS) is 13.7. The van der Waals surface area contributed by atoms with E-state index in [0.29, 0.717) is 35.1 Å². The second kappa shape index (κ2) is 16.5. The molecule has 0 saturated heterocycles. The van der Waals surface area contributed by atoms with Crippen molar-refractivity contribution in [1.82, 2.24) is 0 Å². The van der Waals surface area contributed by atoms with Gasteiger partial charge in [-0.15, -0.1) is 0 Å². The number of rotatable bonds is 11. The van der Waals surface area contributed by atoms with Gasteiger partial charge in [0.15, 0.2) is 0 Å². The SMILES string of the molecule is CCC(C)(C)O.CCC(C)C(COCc1ccccc1)=N/C(=C(\C)Sc1cc(Cl)cc(Cl)c1)C(C)C. The molecule has 2 aromatic carbocycles. The summed E-state index contributed by atoms with van der Waals surface area (Å²) in [6, 6.07) is 15.9. The maximum absolute atomic E-state index is 8.83. The number of thioether (sulfide) groups is 1. The molecule has 2 aromatic rings. The quantitative estimate of drug-likeness (QED) is 0.223. The molecule has 0 aliphatic heterocycles. The summed E-state index contributed by atoms with van der Waals surface area (Å²) in [5.41, 5.74) is 2.88. The van der Waals surface area contributed by atoms with Gasteiger partial charge in [0.2, 0.25) is 0 Å². The highest BCUT2D eigenvalue weighted by atomic mass is 35.5. The number of nitrogens with zero attached hydrogens (tertiary/aromatic N) is 1. The fourth-order valence-corrected chi connectivity index (χ4v) is 4.72. The van der Waals surface area contributed by atoms with Crippen LogP contribution < -0.4 is 0 Å². The van der Waals surface area contributed by atoms with Crippen LogP contribution in [-0.2, 0) is 11.3 Å². The molecule has 3 nitrogen and oxygen atoms in total. The highest BCUT2D eigenvalue weighted by molar-refractivity contribution is 8.03. The predicted octanol–water partition coefficient (Wildman–Crippen LogP) is 9.84. The van der Waals surface area contributed by atoms with Gasteiger partial charge in [0, 0.05) is 25.6 Å². The van der Waals surface area contributed by atoms with E-state index in [0.717, 1.165) is 34.1 Å². The number of ether oxygens (including phenoxy) is 1. The van der Waals surface area contributed by atoms with Crippen molar-refractivity contribution >= 4 is 40.7 Å². The molecule has 6 heteroatoms. The number of allylic oxidation sites excluding steroid dienone is 2. The van der Waals surface area contributed by atoms with E-state index in [9.17, 15) is 0 Å². The summed E-state index contributed by atoms with van der Waals surface area (Å²) >= 11 is 14.0. The molecule has 36 heavy (non-hydrogen) atoms. The van der Waals surface area contributed by atoms with Crippen LogP contribution in [0.3, 0.4) is 0 Å². The van der Waals surface area contributed by atoms with E-state index in [2.05, 4.69) is 46.8 Å². The summed E-state index contributed by atoms with van der Waals surface area (Å²) in [6.07, 6.45) is 1.85. The number of aliphatic hydroxyl groups is 1. The molecule has 1 N–H and O–H groups in total. The lowest BCUT2D eigenvalue weighted by molar-refractivity contribution is 0.0765. The molecule has 2 rings (SSSR count). The molecule has 1 unspecified atom stereocenters. The molecule has 0 saturated carbocycles. The lowest BCUT2D eigenvalue weighted by atomic mass is 10.0. The van der Waals surface area contributed by atoms with E-state index in [1.165, 1.54) is 5.56 Å². The maximum Gasteiger partial charge on any atom is 0.0856 e. The summed E-state index contributed by atoms with van der Waals surface area (Å²) in [6.45, 7) is 17.5. The molecule has 0 radical (unpaired) electrons. The molecule has 0 amide bonds. The lowest BCUT2D eigenvalue weighted by Gasteiger charge is -2.18. The van der Waals surface area contributed by atoms with Gasteiger partial charge in [-0.2, -0.15) is 0 Å². The third-order valence-corrected chi connectivity index (χ3v) is 7.11. The van der Waals surface area contributed by atoms with Crippen molar-refractivity contribution in [2.75, 3.05) is 6.61 Å². The van der Waals surface area contributed by atoms with E-state index in [1.54, 1.807) is 31.7 Å². The van der Waals surface area contributed by atoms with Crippen molar-refractivity contribution < 1.29 is 9.84 Å². The van der Waals surface area contributed by atoms with E-state index >= 15 is 0 Å². The second-order valence-electron chi connectivity index (χ2n) is 9.86. The largest absolute Gasteiger partial charge is 0.390 e. The van der Waals surface area contributed by atoms with Crippen molar-refractivity contribution in [3.8, 4) is 0 Å². The monoisotopic (exact) mass is 551 g/mol. The Morgan fingerprint density at radius 2 is 1.58 bits per heavy atom. The molecule has 0 heterocycles. The van der Waals surface area contributed by atoms with Crippen LogP contribution in [0.5, 0.6) is 0 Å². The first-order valence-electron chi connectivity index (χ1n) is 12.6. The van der Waals surface area contributed by atoms with Gasteiger partial charge in [-0.3, -0.25) is 4.99 Å². The van der Waals surface area contributed by atoms with E-state index in [-0.39, 0.29) is 0 Å². The van der Waals surface area contributed by atoms with E-state index < -0.39 is 5.60 Å². The Kier molecular flexibility index (Phi) is 15.0. The van der Waals surface area contributed by atoms with Crippen LogP contribution in [-0.4, -0.2) is 23.0 Å². The van der Waals surface area contributed by atoms with Gasteiger partial charge in [0.25, 0.3) is 0 Å². The van der Waals surface area contributed by atoms with Crippen LogP contribution in [0.4, 0.5) is 0 Å². The maximum atomic E-state index is 8.83. The van der Waals surface area contributed by atoms with Crippen LogP contribution in [0.25, 0.3) is 0 Å². The van der Waals surface area contributed by atoms with E-state index in [1.807, 2.05) is 37.3 Å². The molecule has 0 aliphatic carbocycles. The van der Waals surface area contributed by atoms with Gasteiger partial charge in [-0.25, -0.2) is 0 Å². The van der Waals surface area contributed by atoms with Crippen molar-refractivity contribution in [2.45, 2.75) is 85.3 Å². The average molecular weight is 553 g/mol. The van der Waals surface area contributed by atoms with Crippen LogP contribution in [0, 0.1) is 11.8 Å². The van der Waals surface area contributed by atoms with Crippen molar-refractivity contribution in [3.63, 3.8) is 0 Å². The lowest BCUT2D eigenvalue weighted by Crippen LogP contribution is -2.18. The smallest absolute Gasteiger partial charge is 0.0856 e. The minimum Gasteiger partial charge on any atom is -0.390 e. The first kappa shape index (κ1) is 32.7. The number of aliphatic imine (C=N–C) groups is 1. The van der Waals surface area contributed by atoms with Gasteiger partial charge in [0.05, 0.1) is 24.5 Å². The molecule has 200 valence electrons. The van der Waals surface area contributed by atoms with Crippen molar-refractivity contribution in [2.24, 2.45) is 16.8 Å². The minimum atomic E-state index is -0.458. The highest BCUT2D eigenvalue weighted by Gasteiger charge is 2.15. The predicted molar refractivity (Wildman–Crippen MR) is 159 cm³/mol. The number of hydrogen-bond acceptors (Lipinski definition) is 4. The number of halogens is 2. The Morgan fingerprint density at radius 3 is 2.06 bits per heavy atom. The molecule has 0 aromatic heterocycles. The first-order valence-corrected chi connectivity index (χ1v) is 14.2. The summed E-state index contributed by atoms with van der Waals surface area (Å²) in [4.78, 5) is 7.27. The summed E-state index contributed by atoms with van der Waals surface area (Å²) in [7, 11) is 0. The Labute approximate surface area is 233 Å². The molecule has 0 spiro atoms. The third kappa shape index (κ3) is 13.3. The Morgan fingerprint density at radius 1 is 1.03 bits per heavy atom. The summed E-state index contributed by atoms with van der Waals surface area (Å²) < 4.78 is 6.02. The molecular formula is C30H43Cl2NO2S. The van der Waals surface area contributed by atoms with Gasteiger partial charge in [-0.05, 0) is 69.2 Å². The Bertz CT molecular complexity index is 962. The van der Waals surface area contributed by atoms with Gasteiger partial charge >= 0.3 is 0 Å². The van der Waals surface area contributed by atoms with Crippen molar-refractivity contribution in [1.29, 1.82) is 0 Å². The number of benzene rings is 2. The fourth-order valence-electron chi connectivity index (χ4n) is 2.95. The molecule has 0 bridgehead atoms. The Balaban J connectivity index is 0.000000960. The molecular weight excluding hydrogens is 509 g/mol. The topological polar surface area (TPSA) is 41.8 Å². The fraction of sp³-hybridized carbons (Fsp3) is 0.500. The first-order chi connectivity index (χ1) is 16.9. The van der Waals surface area contributed by atoms with E-state index in [4.69, 9.17) is 38.0 Å². The standard InChI is InChI=1S/C25H31Cl2NOS.C5H12O/c1-6-18(4)24(16-29-15-20-10-8-7-9-11-20)28-25(17(2)3)19(5)30-23-13-21(26)12-22(27)14-23;1-4-5(2,3)6/h7-14,17-18H,6,15-16H2,1-5H3;6H,4H2,1-3H3/b25-19+,28-24?;. The minimum absolute atomic E-state index is 0.292. The zero-order valence-electron chi connectivity index (χ0n) is 23.1. The van der Waals surface area contributed by atoms with Crippen LogP contribution in [0.1, 0.15) is 73.8 Å². The van der Waals surface area contributed by atoms with Crippen LogP contribution in [0.2, 0.25) is 10.0 Å². The average Bonchev–Trinajstić information content (AvgIpc) is 2.80. The zero-order chi connectivity index (χ0) is 27.3. The van der Waals surface area contributed by atoms with Crippen molar-refractivity contribution in [3.05, 3.63) is 74.7 Å². The third-order valence-electron chi connectivity index (χ3n) is 5.69. The van der Waals surface area contributed by atoms with Gasteiger partial charge < -0.3 is 9.84 Å². The zero-order valence-corrected chi connectivity index (χ0v) is 25.4. The van der Waals surface area contributed by atoms with Crippen LogP contribution >= 0.6 is 35.0 Å². The highest BCUT2D eigenvalue weighted by Crippen LogP contribution is 2.35. The number of hydrogen-bond donors (Lipinski definition) is 1. The molecule has 0 aliphatic rings. The molecule has 1 atom stereocenters. The molecule has 0 fully saturated rings. The Hall–Kier alpha value is -1.30. The van der Waals surface area contributed by atoms with Gasteiger partial charge in [-0.1, -0.05) is 99.9 Å². The second-order valence-corrected chi connectivity index (χ2v) is 12.0. The summed E-state index contributed by atoms with van der Waals surface area (Å²) in [5, 5.41) is 10.1. The van der Waals surface area contributed by atoms with Crippen LogP contribution in [0.15, 0.2) is 69.0 Å².